The van der Waals surface area contributed by atoms with Gasteiger partial charge < -0.3 is 9.47 Å². The Morgan fingerprint density at radius 2 is 1.53 bits per heavy atom. The van der Waals surface area contributed by atoms with E-state index in [9.17, 15) is 8.42 Å². The Bertz CT molecular complexity index is 249. The number of methoxy groups -OCH3 is 2. The van der Waals surface area contributed by atoms with Crippen LogP contribution in [-0.4, -0.2) is 42.0 Å². The van der Waals surface area contributed by atoms with Crippen molar-refractivity contribution >= 4 is 10.2 Å². The molecule has 0 rings (SSSR count). The molecular formula is C8H20N2O4S. The molecular weight excluding hydrogens is 220 g/mol. The van der Waals surface area contributed by atoms with Crippen molar-refractivity contribution in [2.75, 3.05) is 27.3 Å². The number of hydrogen-bond acceptors (Lipinski definition) is 4. The fourth-order valence-electron chi connectivity index (χ4n) is 0.768. The first kappa shape index (κ1) is 14.8. The van der Waals surface area contributed by atoms with Gasteiger partial charge in [-0.3, -0.25) is 0 Å². The minimum absolute atomic E-state index is 0.0838. The average Bonchev–Trinajstić information content (AvgIpc) is 2.17. The summed E-state index contributed by atoms with van der Waals surface area (Å²) in [6, 6.07) is 0. The van der Waals surface area contributed by atoms with Crippen LogP contribution < -0.4 is 9.44 Å². The third-order valence-corrected chi connectivity index (χ3v) is 2.74. The molecule has 0 spiro atoms. The van der Waals surface area contributed by atoms with Gasteiger partial charge in [0.1, 0.15) is 0 Å². The van der Waals surface area contributed by atoms with Gasteiger partial charge in [-0.05, 0) is 5.92 Å². The maximum absolute atomic E-state index is 11.3. The Labute approximate surface area is 91.5 Å². The van der Waals surface area contributed by atoms with Crippen molar-refractivity contribution in [1.29, 1.82) is 0 Å². The summed E-state index contributed by atoms with van der Waals surface area (Å²) in [6.07, 6.45) is -0.569. The molecule has 0 aliphatic carbocycles. The number of rotatable bonds is 8. The van der Waals surface area contributed by atoms with Crippen LogP contribution in [0.4, 0.5) is 0 Å². The molecule has 15 heavy (non-hydrogen) atoms. The fraction of sp³-hybridized carbons (Fsp3) is 1.00. The van der Waals surface area contributed by atoms with Gasteiger partial charge in [0.2, 0.25) is 0 Å². The van der Waals surface area contributed by atoms with Gasteiger partial charge in [0.05, 0.1) is 6.54 Å². The van der Waals surface area contributed by atoms with Crippen molar-refractivity contribution in [1.82, 2.24) is 9.44 Å². The quantitative estimate of drug-likeness (QED) is 0.570. The van der Waals surface area contributed by atoms with Crippen LogP contribution in [0, 0.1) is 5.92 Å². The lowest BCUT2D eigenvalue weighted by molar-refractivity contribution is -0.0961. The molecule has 0 aromatic rings. The molecule has 0 unspecified atom stereocenters. The Morgan fingerprint density at radius 3 is 1.93 bits per heavy atom. The van der Waals surface area contributed by atoms with Crippen LogP contribution in [0.25, 0.3) is 0 Å². The van der Waals surface area contributed by atoms with E-state index < -0.39 is 16.5 Å². The Kier molecular flexibility index (Phi) is 7.03. The van der Waals surface area contributed by atoms with Crippen molar-refractivity contribution in [2.45, 2.75) is 20.1 Å². The second kappa shape index (κ2) is 7.13. The fourth-order valence-corrected chi connectivity index (χ4v) is 1.78. The topological polar surface area (TPSA) is 76.7 Å². The molecule has 0 fully saturated rings. The van der Waals surface area contributed by atoms with E-state index in [1.807, 2.05) is 13.8 Å². The normalized spacial score (nSPS) is 12.7. The third kappa shape index (κ3) is 7.69. The number of nitrogens with one attached hydrogen (secondary N) is 2. The van der Waals surface area contributed by atoms with E-state index in [1.54, 1.807) is 0 Å². The van der Waals surface area contributed by atoms with Crippen molar-refractivity contribution in [3.63, 3.8) is 0 Å². The van der Waals surface area contributed by atoms with Gasteiger partial charge in [0.25, 0.3) is 10.2 Å². The maximum atomic E-state index is 11.3. The van der Waals surface area contributed by atoms with Crippen molar-refractivity contribution < 1.29 is 17.9 Å². The molecule has 0 heterocycles. The molecule has 2 N–H and O–H groups in total. The summed E-state index contributed by atoms with van der Waals surface area (Å²) in [7, 11) is -0.555. The molecule has 0 aliphatic rings. The standard InChI is InChI=1S/C8H20N2O4S/c1-7(2)5-9-15(11,12)10-6-8(13-3)14-4/h7-10H,5-6H2,1-4H3. The first-order chi connectivity index (χ1) is 6.91. The van der Waals surface area contributed by atoms with Gasteiger partial charge in [-0.15, -0.1) is 0 Å². The monoisotopic (exact) mass is 240 g/mol. The highest BCUT2D eigenvalue weighted by molar-refractivity contribution is 7.87. The smallest absolute Gasteiger partial charge is 0.277 e. The van der Waals surface area contributed by atoms with Gasteiger partial charge in [0, 0.05) is 20.8 Å². The molecule has 0 saturated carbocycles. The summed E-state index contributed by atoms with van der Waals surface area (Å²) in [5, 5.41) is 0. The van der Waals surface area contributed by atoms with Crippen LogP contribution in [0.5, 0.6) is 0 Å². The van der Waals surface area contributed by atoms with Crippen LogP contribution >= 0.6 is 0 Å². The van der Waals surface area contributed by atoms with Crippen molar-refractivity contribution in [3.8, 4) is 0 Å². The van der Waals surface area contributed by atoms with Crippen molar-refractivity contribution in [3.05, 3.63) is 0 Å². The molecule has 0 saturated heterocycles. The lowest BCUT2D eigenvalue weighted by atomic mass is 10.2. The first-order valence-electron chi connectivity index (χ1n) is 4.71. The van der Waals surface area contributed by atoms with Crippen molar-refractivity contribution in [2.24, 2.45) is 5.92 Å². The van der Waals surface area contributed by atoms with Gasteiger partial charge in [-0.1, -0.05) is 13.8 Å². The molecule has 0 amide bonds. The highest BCUT2D eigenvalue weighted by atomic mass is 32.2. The molecule has 0 aromatic carbocycles. The molecule has 0 atom stereocenters. The predicted molar refractivity (Wildman–Crippen MR) is 57.6 cm³/mol. The molecule has 0 aromatic heterocycles. The van der Waals surface area contributed by atoms with E-state index >= 15 is 0 Å². The zero-order chi connectivity index (χ0) is 11.9. The van der Waals surface area contributed by atoms with Gasteiger partial charge in [-0.25, -0.2) is 4.72 Å². The molecule has 0 bridgehead atoms. The molecule has 6 nitrogen and oxygen atoms in total. The first-order valence-corrected chi connectivity index (χ1v) is 6.19. The van der Waals surface area contributed by atoms with Crippen LogP contribution in [-0.2, 0) is 19.7 Å². The largest absolute Gasteiger partial charge is 0.355 e. The Hall–Kier alpha value is -0.210. The van der Waals surface area contributed by atoms with Crippen LogP contribution in [0.2, 0.25) is 0 Å². The highest BCUT2D eigenvalue weighted by Gasteiger charge is 2.13. The summed E-state index contributed by atoms with van der Waals surface area (Å²) in [6.45, 7) is 4.34. The lowest BCUT2D eigenvalue weighted by Gasteiger charge is -2.15. The summed E-state index contributed by atoms with van der Waals surface area (Å²) in [5.41, 5.74) is 0. The van der Waals surface area contributed by atoms with Crippen LogP contribution in [0.1, 0.15) is 13.8 Å². The Morgan fingerprint density at radius 1 is 1.07 bits per heavy atom. The van der Waals surface area contributed by atoms with Crippen LogP contribution in [0.3, 0.4) is 0 Å². The number of ether oxygens (including phenoxy) is 2. The minimum atomic E-state index is -3.45. The predicted octanol–water partition coefficient (Wildman–Crippen LogP) is -0.315. The summed E-state index contributed by atoms with van der Waals surface area (Å²) in [5.74, 6) is 0.266. The zero-order valence-corrected chi connectivity index (χ0v) is 10.4. The van der Waals surface area contributed by atoms with E-state index in [-0.39, 0.29) is 12.5 Å². The maximum Gasteiger partial charge on any atom is 0.277 e. The van der Waals surface area contributed by atoms with Crippen LogP contribution in [0.15, 0.2) is 0 Å². The van der Waals surface area contributed by atoms with E-state index in [0.29, 0.717) is 6.54 Å². The molecule has 92 valence electrons. The second-order valence-corrected chi connectivity index (χ2v) is 5.08. The van der Waals surface area contributed by atoms with Gasteiger partial charge in [0.15, 0.2) is 6.29 Å². The minimum Gasteiger partial charge on any atom is -0.355 e. The average molecular weight is 240 g/mol. The third-order valence-electron chi connectivity index (χ3n) is 1.65. The van der Waals surface area contributed by atoms with E-state index in [2.05, 4.69) is 9.44 Å². The molecule has 7 heteroatoms. The van der Waals surface area contributed by atoms with E-state index in [4.69, 9.17) is 9.47 Å². The van der Waals surface area contributed by atoms with Gasteiger partial charge in [-0.2, -0.15) is 13.1 Å². The van der Waals surface area contributed by atoms with Gasteiger partial charge >= 0.3 is 0 Å². The second-order valence-electron chi connectivity index (χ2n) is 3.50. The SMILES string of the molecule is COC(CNS(=O)(=O)NCC(C)C)OC. The summed E-state index contributed by atoms with van der Waals surface area (Å²) < 4.78 is 37.1. The zero-order valence-electron chi connectivity index (χ0n) is 9.61. The highest BCUT2D eigenvalue weighted by Crippen LogP contribution is 1.91. The summed E-state index contributed by atoms with van der Waals surface area (Å²) >= 11 is 0. The van der Waals surface area contributed by atoms with E-state index in [0.717, 1.165) is 0 Å². The Balaban J connectivity index is 3.93. The molecule has 0 radical (unpaired) electrons. The number of hydrogen-bond donors (Lipinski definition) is 2. The molecule has 0 aliphatic heterocycles. The lowest BCUT2D eigenvalue weighted by Crippen LogP contribution is -2.42. The summed E-state index contributed by atoms with van der Waals surface area (Å²) in [4.78, 5) is 0. The van der Waals surface area contributed by atoms with E-state index in [1.165, 1.54) is 14.2 Å².